The number of hydrogen-bond acceptors (Lipinski definition) is 2. The van der Waals surface area contributed by atoms with E-state index in [1.807, 2.05) is 24.8 Å². The number of aromatic nitrogens is 1. The van der Waals surface area contributed by atoms with Crippen LogP contribution in [0.2, 0.25) is 0 Å². The van der Waals surface area contributed by atoms with Crippen LogP contribution in [-0.2, 0) is 0 Å². The molecule has 1 aromatic carbocycles. The summed E-state index contributed by atoms with van der Waals surface area (Å²) in [5.74, 6) is -0.231. The van der Waals surface area contributed by atoms with Crippen molar-refractivity contribution < 1.29 is 9.18 Å². The molecule has 0 saturated carbocycles. The second-order valence-corrected chi connectivity index (χ2v) is 6.20. The highest BCUT2D eigenvalue weighted by Crippen LogP contribution is 2.32. The molecule has 1 aliphatic rings. The van der Waals surface area contributed by atoms with Gasteiger partial charge in [0.1, 0.15) is 5.82 Å². The Kier molecular flexibility index (Phi) is 4.42. The smallest absolute Gasteiger partial charge is 0.256 e. The molecule has 4 heteroatoms. The van der Waals surface area contributed by atoms with Crippen LogP contribution in [-0.4, -0.2) is 22.3 Å². The lowest BCUT2D eigenvalue weighted by atomic mass is 9.94. The van der Waals surface area contributed by atoms with E-state index in [9.17, 15) is 9.18 Å². The van der Waals surface area contributed by atoms with Crippen LogP contribution in [0.4, 0.5) is 4.39 Å². The molecule has 1 aliphatic heterocycles. The van der Waals surface area contributed by atoms with Crippen molar-refractivity contribution in [1.82, 2.24) is 9.88 Å². The van der Waals surface area contributed by atoms with E-state index in [1.165, 1.54) is 12.1 Å². The Hall–Kier alpha value is -2.23. The van der Waals surface area contributed by atoms with Crippen molar-refractivity contribution in [1.29, 1.82) is 0 Å². The maximum Gasteiger partial charge on any atom is 0.256 e. The average molecular weight is 312 g/mol. The minimum Gasteiger partial charge on any atom is -0.332 e. The molecule has 3 nitrogen and oxygen atoms in total. The number of benzene rings is 1. The zero-order valence-electron chi connectivity index (χ0n) is 13.6. The first-order valence-electron chi connectivity index (χ1n) is 8.06. The number of aryl methyl sites for hydroxylation is 2. The Balaban J connectivity index is 1.91. The van der Waals surface area contributed by atoms with Crippen LogP contribution < -0.4 is 0 Å². The van der Waals surface area contributed by atoms with E-state index >= 15 is 0 Å². The minimum atomic E-state index is -0.249. The number of amides is 1. The molecule has 1 fully saturated rings. The molecule has 1 amide bonds. The highest BCUT2D eigenvalue weighted by molar-refractivity contribution is 5.95. The van der Waals surface area contributed by atoms with Crippen molar-refractivity contribution >= 4 is 5.91 Å². The molecule has 0 N–H and O–H groups in total. The van der Waals surface area contributed by atoms with Crippen LogP contribution in [0.1, 0.15) is 52.5 Å². The maximum absolute atomic E-state index is 13.2. The third-order valence-corrected chi connectivity index (χ3v) is 4.50. The molecule has 0 bridgehead atoms. The van der Waals surface area contributed by atoms with Crippen LogP contribution in [0.3, 0.4) is 0 Å². The van der Waals surface area contributed by atoms with E-state index in [2.05, 4.69) is 4.98 Å². The number of pyridine rings is 1. The first kappa shape index (κ1) is 15.7. The average Bonchev–Trinajstić information content (AvgIpc) is 2.55. The summed E-state index contributed by atoms with van der Waals surface area (Å²) in [6, 6.07) is 8.44. The van der Waals surface area contributed by atoms with E-state index in [1.54, 1.807) is 18.3 Å². The lowest BCUT2D eigenvalue weighted by molar-refractivity contribution is 0.0610. The number of likely N-dealkylation sites (tertiary alicyclic amines) is 1. The predicted molar refractivity (Wildman–Crippen MR) is 87.7 cm³/mol. The molecule has 3 rings (SSSR count). The molecule has 1 saturated heterocycles. The molecular formula is C19H21FN2O. The van der Waals surface area contributed by atoms with Gasteiger partial charge in [0.05, 0.1) is 11.6 Å². The topological polar surface area (TPSA) is 33.2 Å². The largest absolute Gasteiger partial charge is 0.332 e. The van der Waals surface area contributed by atoms with Crippen LogP contribution in [0.5, 0.6) is 0 Å². The second kappa shape index (κ2) is 6.49. The lowest BCUT2D eigenvalue weighted by Gasteiger charge is -2.36. The molecule has 1 atom stereocenters. The van der Waals surface area contributed by atoms with Crippen molar-refractivity contribution in [3.63, 3.8) is 0 Å². The summed E-state index contributed by atoms with van der Waals surface area (Å²) in [6.45, 7) is 4.59. The van der Waals surface area contributed by atoms with E-state index < -0.39 is 0 Å². The Morgan fingerprint density at radius 3 is 2.65 bits per heavy atom. The quantitative estimate of drug-likeness (QED) is 0.832. The monoisotopic (exact) mass is 312 g/mol. The van der Waals surface area contributed by atoms with E-state index in [0.717, 1.165) is 42.6 Å². The van der Waals surface area contributed by atoms with Gasteiger partial charge >= 0.3 is 0 Å². The van der Waals surface area contributed by atoms with Gasteiger partial charge in [-0.3, -0.25) is 9.78 Å². The summed E-state index contributed by atoms with van der Waals surface area (Å²) in [4.78, 5) is 19.2. The van der Waals surface area contributed by atoms with Gasteiger partial charge in [-0.1, -0.05) is 12.1 Å². The fourth-order valence-corrected chi connectivity index (χ4v) is 3.28. The Morgan fingerprint density at radius 2 is 1.96 bits per heavy atom. The molecule has 2 heterocycles. The summed E-state index contributed by atoms with van der Waals surface area (Å²) < 4.78 is 13.2. The number of carbonyl (C=O) groups is 1. The lowest BCUT2D eigenvalue weighted by Crippen LogP contribution is -2.38. The van der Waals surface area contributed by atoms with Gasteiger partial charge in [-0.05, 0) is 62.4 Å². The predicted octanol–water partition coefficient (Wildman–Crippen LogP) is 4.20. The van der Waals surface area contributed by atoms with Crippen molar-refractivity contribution in [3.8, 4) is 0 Å². The normalized spacial score (nSPS) is 18.0. The van der Waals surface area contributed by atoms with E-state index in [4.69, 9.17) is 0 Å². The van der Waals surface area contributed by atoms with E-state index in [-0.39, 0.29) is 17.8 Å². The van der Waals surface area contributed by atoms with Gasteiger partial charge in [0, 0.05) is 18.4 Å². The van der Waals surface area contributed by atoms with Gasteiger partial charge in [-0.25, -0.2) is 4.39 Å². The molecule has 0 spiro atoms. The second-order valence-electron chi connectivity index (χ2n) is 6.20. The van der Waals surface area contributed by atoms with Crippen molar-refractivity contribution in [3.05, 3.63) is 64.7 Å². The van der Waals surface area contributed by atoms with Crippen LogP contribution in [0, 0.1) is 19.7 Å². The van der Waals surface area contributed by atoms with Gasteiger partial charge in [-0.2, -0.15) is 0 Å². The zero-order valence-corrected chi connectivity index (χ0v) is 13.6. The number of hydrogen-bond donors (Lipinski definition) is 0. The summed E-state index contributed by atoms with van der Waals surface area (Å²) >= 11 is 0. The summed E-state index contributed by atoms with van der Waals surface area (Å²) in [5, 5.41) is 0. The zero-order chi connectivity index (χ0) is 16.4. The molecule has 1 unspecified atom stereocenters. The third-order valence-electron chi connectivity index (χ3n) is 4.50. The summed E-state index contributed by atoms with van der Waals surface area (Å²) in [7, 11) is 0. The van der Waals surface area contributed by atoms with E-state index in [0.29, 0.717) is 5.56 Å². The summed E-state index contributed by atoms with van der Waals surface area (Å²) in [6.07, 6.45) is 4.66. The van der Waals surface area contributed by atoms with Gasteiger partial charge < -0.3 is 4.90 Å². The SMILES string of the molecule is Cc1cc(C)c(C(=O)N2CCCCC2c2ccc(F)cc2)cn1. The molecular weight excluding hydrogens is 291 g/mol. The Morgan fingerprint density at radius 1 is 1.22 bits per heavy atom. The number of carbonyl (C=O) groups excluding carboxylic acids is 1. The first-order chi connectivity index (χ1) is 11.1. The Bertz CT molecular complexity index is 712. The van der Waals surface area contributed by atoms with Crippen molar-refractivity contribution in [2.24, 2.45) is 0 Å². The standard InChI is InChI=1S/C19H21FN2O/c1-13-11-14(2)21-12-17(13)19(23)22-10-4-3-5-18(22)15-6-8-16(20)9-7-15/h6-9,11-12,18H,3-5,10H2,1-2H3. The van der Waals surface area contributed by atoms with Crippen molar-refractivity contribution in [2.45, 2.75) is 39.2 Å². The molecule has 120 valence electrons. The summed E-state index contributed by atoms with van der Waals surface area (Å²) in [5.41, 5.74) is 3.51. The first-order valence-corrected chi connectivity index (χ1v) is 8.06. The fraction of sp³-hybridized carbons (Fsp3) is 0.368. The molecule has 23 heavy (non-hydrogen) atoms. The molecule has 0 radical (unpaired) electrons. The minimum absolute atomic E-state index is 0.0116. The van der Waals surface area contributed by atoms with Crippen LogP contribution in [0.25, 0.3) is 0 Å². The maximum atomic E-state index is 13.2. The van der Waals surface area contributed by atoms with Crippen LogP contribution in [0.15, 0.2) is 36.5 Å². The number of rotatable bonds is 2. The van der Waals surface area contributed by atoms with Crippen LogP contribution >= 0.6 is 0 Å². The molecule has 1 aromatic heterocycles. The number of nitrogens with zero attached hydrogens (tertiary/aromatic N) is 2. The van der Waals surface area contributed by atoms with Gasteiger partial charge in [0.25, 0.3) is 5.91 Å². The Labute approximate surface area is 136 Å². The third kappa shape index (κ3) is 3.26. The fourth-order valence-electron chi connectivity index (χ4n) is 3.28. The highest BCUT2D eigenvalue weighted by Gasteiger charge is 2.29. The number of piperidine rings is 1. The molecule has 2 aromatic rings. The van der Waals surface area contributed by atoms with Gasteiger partial charge in [0.15, 0.2) is 0 Å². The highest BCUT2D eigenvalue weighted by atomic mass is 19.1. The van der Waals surface area contributed by atoms with Crippen molar-refractivity contribution in [2.75, 3.05) is 6.54 Å². The molecule has 0 aliphatic carbocycles. The van der Waals surface area contributed by atoms with Gasteiger partial charge in [-0.15, -0.1) is 0 Å². The van der Waals surface area contributed by atoms with Gasteiger partial charge in [0.2, 0.25) is 0 Å². The number of halogens is 1.